The van der Waals surface area contributed by atoms with Gasteiger partial charge in [-0.15, -0.1) is 0 Å². The lowest BCUT2D eigenvalue weighted by Gasteiger charge is -2.27. The molecule has 0 bridgehead atoms. The minimum absolute atomic E-state index is 0.0624. The summed E-state index contributed by atoms with van der Waals surface area (Å²) in [5, 5.41) is 8.48. The second-order valence-electron chi connectivity index (χ2n) is 3.88. The minimum atomic E-state index is -5.22. The molecule has 104 valence electrons. The molecular formula is C8H10F3NO5S. The number of nitrogens with zero attached hydrogens (tertiary/aromatic N) is 1. The predicted octanol–water partition coefficient (Wildman–Crippen LogP) is -0.351. The van der Waals surface area contributed by atoms with E-state index in [9.17, 15) is 31.2 Å². The predicted molar refractivity (Wildman–Crippen MR) is 52.5 cm³/mol. The number of carbonyl (C=O) groups excluding carboxylic acids is 1. The van der Waals surface area contributed by atoms with Gasteiger partial charge in [0, 0.05) is 6.04 Å². The fourth-order valence-corrected chi connectivity index (χ4v) is 3.43. The van der Waals surface area contributed by atoms with Gasteiger partial charge in [0.15, 0.2) is 9.84 Å². The van der Waals surface area contributed by atoms with Crippen LogP contribution in [0.2, 0.25) is 0 Å². The lowest BCUT2D eigenvalue weighted by atomic mass is 10.2. The molecule has 1 aliphatic heterocycles. The highest BCUT2D eigenvalue weighted by atomic mass is 32.2. The second kappa shape index (κ2) is 4.75. The number of alkyl halides is 3. The fourth-order valence-electron chi connectivity index (χ4n) is 1.70. The monoisotopic (exact) mass is 289 g/mol. The number of amides is 1. The molecule has 0 radical (unpaired) electrons. The van der Waals surface area contributed by atoms with Crippen molar-refractivity contribution in [3.05, 3.63) is 0 Å². The summed E-state index contributed by atoms with van der Waals surface area (Å²) in [5.41, 5.74) is 0. The van der Waals surface area contributed by atoms with Gasteiger partial charge in [0.25, 0.3) is 0 Å². The molecule has 10 heteroatoms. The molecule has 6 nitrogen and oxygen atoms in total. The average molecular weight is 289 g/mol. The van der Waals surface area contributed by atoms with Crippen molar-refractivity contribution in [2.45, 2.75) is 18.6 Å². The Labute approximate surface area is 100 Å². The third kappa shape index (κ3) is 3.59. The molecule has 0 aliphatic carbocycles. The molecule has 1 saturated heterocycles. The van der Waals surface area contributed by atoms with E-state index >= 15 is 0 Å². The van der Waals surface area contributed by atoms with Gasteiger partial charge in [0.2, 0.25) is 0 Å². The lowest BCUT2D eigenvalue weighted by Crippen LogP contribution is -2.49. The summed E-state index contributed by atoms with van der Waals surface area (Å²) < 4.78 is 59.1. The highest BCUT2D eigenvalue weighted by Crippen LogP contribution is 2.24. The van der Waals surface area contributed by atoms with Crippen LogP contribution in [0.1, 0.15) is 6.42 Å². The zero-order chi connectivity index (χ0) is 14.1. The SMILES string of the molecule is O=C(O)CN(C(=O)C(F)(F)F)C1CCS(=O)(=O)C1. The number of rotatable bonds is 3. The summed E-state index contributed by atoms with van der Waals surface area (Å²) in [6.07, 6.45) is -5.40. The molecule has 1 heterocycles. The van der Waals surface area contributed by atoms with Crippen LogP contribution >= 0.6 is 0 Å². The number of carboxylic acids is 1. The molecule has 0 aromatic carbocycles. The van der Waals surface area contributed by atoms with Crippen molar-refractivity contribution in [2.24, 2.45) is 0 Å². The first-order valence-electron chi connectivity index (χ1n) is 4.83. The standard InChI is InChI=1S/C8H10F3NO5S/c9-8(10,11)7(15)12(3-6(13)14)5-1-2-18(16,17)4-5/h5H,1-4H2,(H,13,14). The highest BCUT2D eigenvalue weighted by molar-refractivity contribution is 7.91. The van der Waals surface area contributed by atoms with Crippen molar-refractivity contribution in [1.29, 1.82) is 0 Å². The van der Waals surface area contributed by atoms with Crippen molar-refractivity contribution in [3.63, 3.8) is 0 Å². The molecule has 18 heavy (non-hydrogen) atoms. The molecule has 1 unspecified atom stereocenters. The van der Waals surface area contributed by atoms with E-state index in [0.29, 0.717) is 0 Å². The first-order chi connectivity index (χ1) is 8.03. The fraction of sp³-hybridized carbons (Fsp3) is 0.750. The normalized spacial score (nSPS) is 22.7. The van der Waals surface area contributed by atoms with Crippen LogP contribution in [0.4, 0.5) is 13.2 Å². The van der Waals surface area contributed by atoms with Crippen LogP contribution in [0, 0.1) is 0 Å². The van der Waals surface area contributed by atoms with Crippen LogP contribution in [0.15, 0.2) is 0 Å². The summed E-state index contributed by atoms with van der Waals surface area (Å²) >= 11 is 0. The Hall–Kier alpha value is -1.32. The van der Waals surface area contributed by atoms with Gasteiger partial charge in [0.1, 0.15) is 6.54 Å². The van der Waals surface area contributed by atoms with E-state index in [0.717, 1.165) is 0 Å². The summed E-state index contributed by atoms with van der Waals surface area (Å²) in [6.45, 7) is -1.17. The minimum Gasteiger partial charge on any atom is -0.480 e. The van der Waals surface area contributed by atoms with Gasteiger partial charge in [0.05, 0.1) is 11.5 Å². The Morgan fingerprint density at radius 1 is 1.33 bits per heavy atom. The van der Waals surface area contributed by atoms with E-state index in [1.807, 2.05) is 0 Å². The van der Waals surface area contributed by atoms with Gasteiger partial charge in [-0.1, -0.05) is 0 Å². The van der Waals surface area contributed by atoms with Crippen LogP contribution in [-0.4, -0.2) is 60.6 Å². The number of halogens is 3. The number of carboxylic acid groups (broad SMARTS) is 1. The van der Waals surface area contributed by atoms with Gasteiger partial charge in [-0.3, -0.25) is 9.59 Å². The molecule has 0 spiro atoms. The Balaban J connectivity index is 2.93. The van der Waals surface area contributed by atoms with Crippen molar-refractivity contribution in [3.8, 4) is 0 Å². The Morgan fingerprint density at radius 2 is 1.89 bits per heavy atom. The van der Waals surface area contributed by atoms with E-state index in [2.05, 4.69) is 0 Å². The zero-order valence-electron chi connectivity index (χ0n) is 8.98. The number of sulfone groups is 1. The zero-order valence-corrected chi connectivity index (χ0v) is 9.79. The van der Waals surface area contributed by atoms with Gasteiger partial charge < -0.3 is 10.0 Å². The van der Waals surface area contributed by atoms with Crippen LogP contribution < -0.4 is 0 Å². The van der Waals surface area contributed by atoms with E-state index < -0.39 is 46.2 Å². The van der Waals surface area contributed by atoms with Crippen molar-refractivity contribution >= 4 is 21.7 Å². The third-order valence-corrected chi connectivity index (χ3v) is 4.21. The van der Waals surface area contributed by atoms with E-state index in [1.54, 1.807) is 0 Å². The van der Waals surface area contributed by atoms with Gasteiger partial charge >= 0.3 is 18.1 Å². The second-order valence-corrected chi connectivity index (χ2v) is 6.11. The van der Waals surface area contributed by atoms with Crippen LogP contribution in [0.5, 0.6) is 0 Å². The van der Waals surface area contributed by atoms with E-state index in [4.69, 9.17) is 5.11 Å². The maximum Gasteiger partial charge on any atom is 0.471 e. The summed E-state index contributed by atoms with van der Waals surface area (Å²) in [5.74, 6) is -4.94. The smallest absolute Gasteiger partial charge is 0.471 e. The van der Waals surface area contributed by atoms with E-state index in [1.165, 1.54) is 0 Å². The molecule has 1 N–H and O–H groups in total. The number of aliphatic carboxylic acids is 1. The summed E-state index contributed by atoms with van der Waals surface area (Å²) in [4.78, 5) is 21.6. The summed E-state index contributed by atoms with van der Waals surface area (Å²) in [7, 11) is -3.51. The summed E-state index contributed by atoms with van der Waals surface area (Å²) in [6, 6.07) is -1.24. The quantitative estimate of drug-likeness (QED) is 0.766. The molecule has 1 amide bonds. The Kier molecular flexibility index (Phi) is 3.89. The van der Waals surface area contributed by atoms with Crippen molar-refractivity contribution < 1.29 is 36.3 Å². The third-order valence-electron chi connectivity index (χ3n) is 2.46. The van der Waals surface area contributed by atoms with Gasteiger partial charge in [-0.05, 0) is 6.42 Å². The average Bonchev–Trinajstić information content (AvgIpc) is 2.52. The largest absolute Gasteiger partial charge is 0.480 e. The number of hydrogen-bond donors (Lipinski definition) is 1. The molecule has 0 aromatic rings. The lowest BCUT2D eigenvalue weighted by molar-refractivity contribution is -0.188. The van der Waals surface area contributed by atoms with Crippen LogP contribution in [0.3, 0.4) is 0 Å². The maximum absolute atomic E-state index is 12.3. The maximum atomic E-state index is 12.3. The van der Waals surface area contributed by atoms with Crippen LogP contribution in [0.25, 0.3) is 0 Å². The number of carbonyl (C=O) groups is 2. The topological polar surface area (TPSA) is 91.8 Å². The molecule has 1 rings (SSSR count). The van der Waals surface area contributed by atoms with Crippen LogP contribution in [-0.2, 0) is 19.4 Å². The van der Waals surface area contributed by atoms with E-state index in [-0.39, 0.29) is 17.1 Å². The first-order valence-corrected chi connectivity index (χ1v) is 6.65. The Bertz CT molecular complexity index is 458. The number of hydrogen-bond acceptors (Lipinski definition) is 4. The molecule has 0 saturated carbocycles. The van der Waals surface area contributed by atoms with Crippen molar-refractivity contribution in [2.75, 3.05) is 18.1 Å². The first kappa shape index (κ1) is 14.7. The van der Waals surface area contributed by atoms with Crippen molar-refractivity contribution in [1.82, 2.24) is 4.90 Å². The molecular weight excluding hydrogens is 279 g/mol. The molecule has 0 aromatic heterocycles. The van der Waals surface area contributed by atoms with Gasteiger partial charge in [-0.25, -0.2) is 8.42 Å². The highest BCUT2D eigenvalue weighted by Gasteiger charge is 2.47. The molecule has 1 atom stereocenters. The van der Waals surface area contributed by atoms with Gasteiger partial charge in [-0.2, -0.15) is 13.2 Å². The molecule has 1 fully saturated rings. The Morgan fingerprint density at radius 3 is 2.22 bits per heavy atom. The molecule has 1 aliphatic rings.